The smallest absolute Gasteiger partial charge is 0.410 e. The number of ether oxygens (including phenoxy) is 1. The number of urea groups is 1. The van der Waals surface area contributed by atoms with Gasteiger partial charge in [0.05, 0.1) is 0 Å². The average Bonchev–Trinajstić information content (AvgIpc) is 2.72. The van der Waals surface area contributed by atoms with E-state index in [0.717, 1.165) is 44.5 Å². The molecule has 0 atom stereocenters. The van der Waals surface area contributed by atoms with E-state index in [-0.39, 0.29) is 24.2 Å². The molecule has 0 aliphatic carbocycles. The molecule has 1 N–H and O–H groups in total. The van der Waals surface area contributed by atoms with Gasteiger partial charge in [0.25, 0.3) is 0 Å². The van der Waals surface area contributed by atoms with E-state index in [0.29, 0.717) is 23.1 Å². The van der Waals surface area contributed by atoms with E-state index in [1.807, 2.05) is 40.0 Å². The number of nitrogens with one attached hydrogen (secondary N) is 1. The molecule has 7 nitrogen and oxygen atoms in total. The minimum Gasteiger partial charge on any atom is -0.444 e. The summed E-state index contributed by atoms with van der Waals surface area (Å²) in [5, 5.41) is 4.43. The van der Waals surface area contributed by atoms with Crippen molar-refractivity contribution in [3.8, 4) is 0 Å². The number of nitrogens with zero attached hydrogens (tertiary/aromatic N) is 3. The standard InChI is InChI=1S/C23H34Cl2N4O3/c1-23(2,3)32-22(31)29-11-7-19(8-12-29)27(4)21(30)26-18-5-9-28(10-6-18)20-14-16(24)13-17(25)15-20/h13-15,18-19H,5-12H2,1-4H3,(H,26,30). The molecule has 2 heterocycles. The third-order valence-electron chi connectivity index (χ3n) is 6.02. The Balaban J connectivity index is 1.43. The Morgan fingerprint density at radius 2 is 1.56 bits per heavy atom. The first kappa shape index (κ1) is 24.8. The highest BCUT2D eigenvalue weighted by Crippen LogP contribution is 2.28. The van der Waals surface area contributed by atoms with Gasteiger partial charge in [0.2, 0.25) is 0 Å². The van der Waals surface area contributed by atoms with Gasteiger partial charge in [-0.15, -0.1) is 0 Å². The number of hydrogen-bond donors (Lipinski definition) is 1. The summed E-state index contributed by atoms with van der Waals surface area (Å²) in [5.41, 5.74) is 0.514. The zero-order valence-electron chi connectivity index (χ0n) is 19.4. The molecule has 0 saturated carbocycles. The van der Waals surface area contributed by atoms with Gasteiger partial charge in [0.15, 0.2) is 0 Å². The molecule has 3 rings (SSSR count). The number of piperidine rings is 2. The Kier molecular flexibility index (Phi) is 8.04. The van der Waals surface area contributed by atoms with Crippen molar-refractivity contribution in [2.24, 2.45) is 0 Å². The van der Waals surface area contributed by atoms with Crippen LogP contribution in [0.15, 0.2) is 18.2 Å². The zero-order chi connectivity index (χ0) is 23.5. The molecule has 0 unspecified atom stereocenters. The van der Waals surface area contributed by atoms with Gasteiger partial charge >= 0.3 is 12.1 Å². The monoisotopic (exact) mass is 484 g/mol. The van der Waals surface area contributed by atoms with Crippen LogP contribution in [0.25, 0.3) is 0 Å². The first-order valence-electron chi connectivity index (χ1n) is 11.2. The van der Waals surface area contributed by atoms with Crippen LogP contribution in [0, 0.1) is 0 Å². The normalized spacial score (nSPS) is 18.4. The Bertz CT molecular complexity index is 794. The highest BCUT2D eigenvalue weighted by Gasteiger charge is 2.31. The fraction of sp³-hybridized carbons (Fsp3) is 0.652. The summed E-state index contributed by atoms with van der Waals surface area (Å²) >= 11 is 12.3. The van der Waals surface area contributed by atoms with Gasteiger partial charge in [-0.3, -0.25) is 0 Å². The lowest BCUT2D eigenvalue weighted by Gasteiger charge is -2.39. The Morgan fingerprint density at radius 1 is 1.00 bits per heavy atom. The average molecular weight is 485 g/mol. The lowest BCUT2D eigenvalue weighted by atomic mass is 10.0. The summed E-state index contributed by atoms with van der Waals surface area (Å²) in [7, 11) is 1.84. The predicted octanol–water partition coefficient (Wildman–Crippen LogP) is 5.00. The van der Waals surface area contributed by atoms with Crippen LogP contribution >= 0.6 is 23.2 Å². The predicted molar refractivity (Wildman–Crippen MR) is 129 cm³/mol. The molecule has 178 valence electrons. The maximum Gasteiger partial charge on any atom is 0.410 e. The minimum atomic E-state index is -0.501. The van der Waals surface area contributed by atoms with E-state index in [9.17, 15) is 9.59 Å². The van der Waals surface area contributed by atoms with E-state index in [4.69, 9.17) is 27.9 Å². The number of amides is 3. The molecule has 0 radical (unpaired) electrons. The van der Waals surface area contributed by atoms with Gasteiger partial charge in [-0.25, -0.2) is 9.59 Å². The molecule has 2 saturated heterocycles. The SMILES string of the molecule is CN(C(=O)NC1CCN(c2cc(Cl)cc(Cl)c2)CC1)C1CCN(C(=O)OC(C)(C)C)CC1. The fourth-order valence-corrected chi connectivity index (χ4v) is 4.72. The van der Waals surface area contributed by atoms with Crippen LogP contribution in [0.3, 0.4) is 0 Å². The maximum atomic E-state index is 12.8. The molecular formula is C23H34Cl2N4O3. The summed E-state index contributed by atoms with van der Waals surface area (Å²) in [4.78, 5) is 30.8. The molecular weight excluding hydrogens is 451 g/mol. The van der Waals surface area contributed by atoms with Crippen LogP contribution in [-0.2, 0) is 4.74 Å². The molecule has 0 spiro atoms. The van der Waals surface area contributed by atoms with Gasteiger partial charge in [0.1, 0.15) is 5.60 Å². The van der Waals surface area contributed by atoms with Gasteiger partial charge in [-0.2, -0.15) is 0 Å². The van der Waals surface area contributed by atoms with Crippen LogP contribution in [0.2, 0.25) is 10.0 Å². The molecule has 9 heteroatoms. The summed E-state index contributed by atoms with van der Waals surface area (Å²) in [6, 6.07) is 5.77. The van der Waals surface area contributed by atoms with Crippen molar-refractivity contribution in [3.63, 3.8) is 0 Å². The number of benzene rings is 1. The number of rotatable bonds is 3. The number of halogens is 2. The van der Waals surface area contributed by atoms with Crippen LogP contribution < -0.4 is 10.2 Å². The topological polar surface area (TPSA) is 65.1 Å². The molecule has 3 amide bonds. The highest BCUT2D eigenvalue weighted by molar-refractivity contribution is 6.35. The second-order valence-electron chi connectivity index (χ2n) is 9.65. The second-order valence-corrected chi connectivity index (χ2v) is 10.5. The largest absolute Gasteiger partial charge is 0.444 e. The van der Waals surface area contributed by atoms with Crippen molar-refractivity contribution >= 4 is 41.0 Å². The van der Waals surface area contributed by atoms with Crippen molar-refractivity contribution in [2.75, 3.05) is 38.1 Å². The summed E-state index contributed by atoms with van der Waals surface area (Å²) in [6.07, 6.45) is 2.94. The highest BCUT2D eigenvalue weighted by atomic mass is 35.5. The van der Waals surface area contributed by atoms with Gasteiger partial charge < -0.3 is 24.8 Å². The summed E-state index contributed by atoms with van der Waals surface area (Å²) in [5.74, 6) is 0. The number of likely N-dealkylation sites (tertiary alicyclic amines) is 1. The maximum absolute atomic E-state index is 12.8. The Labute approximate surface area is 200 Å². The van der Waals surface area contributed by atoms with Crippen LogP contribution in [-0.4, -0.2) is 72.8 Å². The quantitative estimate of drug-likeness (QED) is 0.654. The first-order chi connectivity index (χ1) is 15.0. The van der Waals surface area contributed by atoms with Gasteiger partial charge in [-0.1, -0.05) is 23.2 Å². The van der Waals surface area contributed by atoms with Gasteiger partial charge in [0, 0.05) is 61.0 Å². The van der Waals surface area contributed by atoms with E-state index >= 15 is 0 Å². The first-order valence-corrected chi connectivity index (χ1v) is 12.0. The number of anilines is 1. The summed E-state index contributed by atoms with van der Waals surface area (Å²) in [6.45, 7) is 8.45. The number of carbonyl (C=O) groups excluding carboxylic acids is 2. The van der Waals surface area contributed by atoms with E-state index < -0.39 is 5.60 Å². The molecule has 1 aromatic rings. The molecule has 32 heavy (non-hydrogen) atoms. The fourth-order valence-electron chi connectivity index (χ4n) is 4.21. The van der Waals surface area contributed by atoms with Crippen molar-refractivity contribution in [2.45, 2.75) is 64.1 Å². The van der Waals surface area contributed by atoms with Crippen molar-refractivity contribution in [3.05, 3.63) is 28.2 Å². The lowest BCUT2D eigenvalue weighted by molar-refractivity contribution is 0.0172. The molecule has 0 aromatic heterocycles. The zero-order valence-corrected chi connectivity index (χ0v) is 20.9. The van der Waals surface area contributed by atoms with E-state index in [1.54, 1.807) is 15.9 Å². The van der Waals surface area contributed by atoms with Crippen LogP contribution in [0.1, 0.15) is 46.5 Å². The number of carbonyl (C=O) groups is 2. The Morgan fingerprint density at radius 3 is 2.09 bits per heavy atom. The number of hydrogen-bond acceptors (Lipinski definition) is 4. The van der Waals surface area contributed by atoms with Crippen LogP contribution in [0.5, 0.6) is 0 Å². The van der Waals surface area contributed by atoms with Crippen LogP contribution in [0.4, 0.5) is 15.3 Å². The minimum absolute atomic E-state index is 0.0510. The lowest BCUT2D eigenvalue weighted by Crippen LogP contribution is -2.53. The van der Waals surface area contributed by atoms with Gasteiger partial charge in [-0.05, 0) is 64.7 Å². The van der Waals surface area contributed by atoms with E-state index in [1.165, 1.54) is 0 Å². The van der Waals surface area contributed by atoms with E-state index in [2.05, 4.69) is 10.2 Å². The third kappa shape index (κ3) is 6.82. The summed E-state index contributed by atoms with van der Waals surface area (Å²) < 4.78 is 5.45. The molecule has 0 bridgehead atoms. The second kappa shape index (κ2) is 10.4. The molecule has 2 fully saturated rings. The van der Waals surface area contributed by atoms with Crippen molar-refractivity contribution in [1.29, 1.82) is 0 Å². The molecule has 1 aromatic carbocycles. The third-order valence-corrected chi connectivity index (χ3v) is 6.46. The van der Waals surface area contributed by atoms with Crippen molar-refractivity contribution in [1.82, 2.24) is 15.1 Å². The van der Waals surface area contributed by atoms with Crippen molar-refractivity contribution < 1.29 is 14.3 Å². The molecule has 2 aliphatic heterocycles. The molecule has 2 aliphatic rings. The Hall–Kier alpha value is -1.86.